The van der Waals surface area contributed by atoms with Crippen molar-refractivity contribution >= 4 is 51.0 Å². The van der Waals surface area contributed by atoms with E-state index in [0.29, 0.717) is 18.2 Å². The van der Waals surface area contributed by atoms with E-state index in [2.05, 4.69) is 51.9 Å². The fourth-order valence-corrected chi connectivity index (χ4v) is 4.44. The quantitative estimate of drug-likeness (QED) is 0.714. The van der Waals surface area contributed by atoms with Crippen molar-refractivity contribution in [2.24, 2.45) is 15.4 Å². The summed E-state index contributed by atoms with van der Waals surface area (Å²) in [6, 6.07) is 5.71. The number of amides is 2. The summed E-state index contributed by atoms with van der Waals surface area (Å²) in [6.07, 6.45) is -0.449. The molecule has 0 aliphatic carbocycles. The second kappa shape index (κ2) is 6.58. The third-order valence-corrected chi connectivity index (χ3v) is 5.69. The van der Waals surface area contributed by atoms with Crippen LogP contribution in [0.3, 0.4) is 0 Å². The zero-order valence-electron chi connectivity index (χ0n) is 16.2. The Kier molecular flexibility index (Phi) is 4.45. The number of hydrogen-bond acceptors (Lipinski definition) is 6. The smallest absolute Gasteiger partial charge is 0.407 e. The minimum Gasteiger partial charge on any atom is -0.453 e. The maximum absolute atomic E-state index is 12.1. The molecule has 148 valence electrons. The minimum absolute atomic E-state index is 0.0115. The lowest BCUT2D eigenvalue weighted by atomic mass is 9.75. The van der Waals surface area contributed by atoms with Gasteiger partial charge in [0.2, 0.25) is 0 Å². The molecule has 28 heavy (non-hydrogen) atoms. The number of halogens is 1. The Balaban J connectivity index is 1.73. The molecule has 3 heterocycles. The van der Waals surface area contributed by atoms with Crippen molar-refractivity contribution in [3.63, 3.8) is 0 Å². The van der Waals surface area contributed by atoms with Gasteiger partial charge in [-0.25, -0.2) is 9.79 Å². The number of aliphatic imine (C=N–C) groups is 2. The number of likely N-dealkylation sites (tertiary alicyclic amines) is 1. The summed E-state index contributed by atoms with van der Waals surface area (Å²) in [4.78, 5) is 37.0. The SMILES string of the molecule is COC(=O)NC1CN(C2=Nc3ccc(Br)cc3N3CC(=O)N=C23)C1C(C)(C)C. The minimum atomic E-state index is -0.449. The molecule has 1 aromatic rings. The lowest BCUT2D eigenvalue weighted by molar-refractivity contribution is -0.115. The highest BCUT2D eigenvalue weighted by molar-refractivity contribution is 9.10. The number of methoxy groups -OCH3 is 1. The van der Waals surface area contributed by atoms with E-state index in [0.717, 1.165) is 15.8 Å². The number of benzene rings is 1. The fraction of sp³-hybridized carbons (Fsp3) is 0.474. The second-order valence-electron chi connectivity index (χ2n) is 8.19. The van der Waals surface area contributed by atoms with Crippen LogP contribution in [0.5, 0.6) is 0 Å². The Labute approximate surface area is 171 Å². The molecule has 8 nitrogen and oxygen atoms in total. The summed E-state index contributed by atoms with van der Waals surface area (Å²) < 4.78 is 5.68. The van der Waals surface area contributed by atoms with Crippen LogP contribution in [0.25, 0.3) is 0 Å². The maximum Gasteiger partial charge on any atom is 0.407 e. The van der Waals surface area contributed by atoms with Crippen molar-refractivity contribution in [1.29, 1.82) is 0 Å². The molecular formula is C19H22BrN5O3. The average molecular weight is 448 g/mol. The van der Waals surface area contributed by atoms with Crippen LogP contribution >= 0.6 is 15.9 Å². The Bertz CT molecular complexity index is 921. The van der Waals surface area contributed by atoms with Gasteiger partial charge in [-0.2, -0.15) is 4.99 Å². The number of fused-ring (bicyclic) bond motifs is 3. The number of ether oxygens (including phenoxy) is 1. The standard InChI is InChI=1S/C19H22BrN5O3/c1-19(2,3)15-12(22-18(27)28-4)8-25(15)16-17-23-14(26)9-24(17)13-7-10(20)5-6-11(13)21-16/h5-7,12,15H,8-9H2,1-4H3,(H,22,27). The maximum atomic E-state index is 12.1. The molecule has 3 aliphatic heterocycles. The number of nitrogens with one attached hydrogen (secondary N) is 1. The molecule has 3 aliphatic rings. The van der Waals surface area contributed by atoms with Gasteiger partial charge >= 0.3 is 6.09 Å². The number of anilines is 1. The Morgan fingerprint density at radius 2 is 2.04 bits per heavy atom. The summed E-state index contributed by atoms with van der Waals surface area (Å²) in [5.41, 5.74) is 1.52. The number of carbonyl (C=O) groups is 2. The molecule has 9 heteroatoms. The molecule has 1 N–H and O–H groups in total. The van der Waals surface area contributed by atoms with Gasteiger partial charge in [-0.1, -0.05) is 36.7 Å². The average Bonchev–Trinajstić information content (AvgIpc) is 2.98. The number of amidine groups is 2. The van der Waals surface area contributed by atoms with Crippen molar-refractivity contribution < 1.29 is 14.3 Å². The van der Waals surface area contributed by atoms with Gasteiger partial charge < -0.3 is 19.9 Å². The van der Waals surface area contributed by atoms with Gasteiger partial charge in [-0.3, -0.25) is 4.79 Å². The second-order valence-corrected chi connectivity index (χ2v) is 9.11. The summed E-state index contributed by atoms with van der Waals surface area (Å²) in [6.45, 7) is 7.12. The van der Waals surface area contributed by atoms with Gasteiger partial charge in [0.15, 0.2) is 11.7 Å². The first kappa shape index (κ1) is 18.9. The van der Waals surface area contributed by atoms with Crippen LogP contribution in [0, 0.1) is 5.41 Å². The first-order chi connectivity index (χ1) is 13.2. The van der Waals surface area contributed by atoms with E-state index in [-0.39, 0.29) is 30.0 Å². The van der Waals surface area contributed by atoms with Crippen molar-refractivity contribution in [2.45, 2.75) is 32.9 Å². The normalized spacial score (nSPS) is 23.4. The van der Waals surface area contributed by atoms with Crippen molar-refractivity contribution in [3.8, 4) is 0 Å². The van der Waals surface area contributed by atoms with Gasteiger partial charge in [0.25, 0.3) is 5.91 Å². The first-order valence-corrected chi connectivity index (χ1v) is 9.87. The number of rotatable bonds is 1. The zero-order valence-corrected chi connectivity index (χ0v) is 17.8. The number of alkyl carbamates (subject to hydrolysis) is 1. The predicted octanol–water partition coefficient (Wildman–Crippen LogP) is 2.69. The van der Waals surface area contributed by atoms with Crippen LogP contribution in [0.4, 0.5) is 16.2 Å². The summed E-state index contributed by atoms with van der Waals surface area (Å²) in [7, 11) is 1.36. The molecule has 1 aromatic carbocycles. The highest BCUT2D eigenvalue weighted by atomic mass is 79.9. The lowest BCUT2D eigenvalue weighted by Crippen LogP contribution is -2.73. The van der Waals surface area contributed by atoms with Crippen LogP contribution in [0.1, 0.15) is 20.8 Å². The van der Waals surface area contributed by atoms with E-state index in [4.69, 9.17) is 9.73 Å². The topological polar surface area (TPSA) is 86.6 Å². The van der Waals surface area contributed by atoms with Gasteiger partial charge in [-0.05, 0) is 23.6 Å². The third kappa shape index (κ3) is 3.07. The predicted molar refractivity (Wildman–Crippen MR) is 110 cm³/mol. The van der Waals surface area contributed by atoms with E-state index >= 15 is 0 Å². The Morgan fingerprint density at radius 1 is 1.29 bits per heavy atom. The molecule has 2 atom stereocenters. The van der Waals surface area contributed by atoms with Gasteiger partial charge in [0.1, 0.15) is 6.54 Å². The van der Waals surface area contributed by atoms with Crippen LogP contribution < -0.4 is 10.2 Å². The van der Waals surface area contributed by atoms with Crippen LogP contribution in [0.2, 0.25) is 0 Å². The van der Waals surface area contributed by atoms with Crippen molar-refractivity contribution in [3.05, 3.63) is 22.7 Å². The highest BCUT2D eigenvalue weighted by Crippen LogP contribution is 2.41. The van der Waals surface area contributed by atoms with Crippen LogP contribution in [0.15, 0.2) is 32.7 Å². The van der Waals surface area contributed by atoms with Gasteiger partial charge in [-0.15, -0.1) is 0 Å². The zero-order chi connectivity index (χ0) is 20.2. The molecule has 2 amide bonds. The number of nitrogens with zero attached hydrogens (tertiary/aromatic N) is 4. The van der Waals surface area contributed by atoms with Gasteiger partial charge in [0.05, 0.1) is 30.6 Å². The molecule has 0 aromatic heterocycles. The molecule has 0 radical (unpaired) electrons. The number of carbonyl (C=O) groups excluding carboxylic acids is 2. The van der Waals surface area contributed by atoms with E-state index in [1.807, 2.05) is 23.1 Å². The van der Waals surface area contributed by atoms with E-state index < -0.39 is 6.09 Å². The van der Waals surface area contributed by atoms with E-state index in [1.54, 1.807) is 0 Å². The fourth-order valence-electron chi connectivity index (χ4n) is 4.09. The monoisotopic (exact) mass is 447 g/mol. The van der Waals surface area contributed by atoms with E-state index in [9.17, 15) is 9.59 Å². The summed E-state index contributed by atoms with van der Waals surface area (Å²) >= 11 is 3.48. The number of hydrogen-bond donors (Lipinski definition) is 1. The highest BCUT2D eigenvalue weighted by Gasteiger charge is 2.51. The molecule has 2 unspecified atom stereocenters. The Morgan fingerprint density at radius 3 is 2.71 bits per heavy atom. The molecular weight excluding hydrogens is 426 g/mol. The molecule has 1 fully saturated rings. The van der Waals surface area contributed by atoms with Crippen molar-refractivity contribution in [1.82, 2.24) is 10.2 Å². The third-order valence-electron chi connectivity index (χ3n) is 5.19. The molecule has 0 spiro atoms. The lowest BCUT2D eigenvalue weighted by Gasteiger charge is -2.55. The first-order valence-electron chi connectivity index (χ1n) is 9.08. The van der Waals surface area contributed by atoms with Crippen LogP contribution in [-0.2, 0) is 9.53 Å². The van der Waals surface area contributed by atoms with Crippen LogP contribution in [-0.4, -0.2) is 60.9 Å². The summed E-state index contributed by atoms with van der Waals surface area (Å²) in [5.74, 6) is 1.05. The molecule has 0 saturated carbocycles. The molecule has 1 saturated heterocycles. The van der Waals surface area contributed by atoms with Gasteiger partial charge in [0, 0.05) is 11.0 Å². The Hall–Kier alpha value is -2.42. The van der Waals surface area contributed by atoms with E-state index in [1.165, 1.54) is 7.11 Å². The van der Waals surface area contributed by atoms with Crippen molar-refractivity contribution in [2.75, 3.05) is 25.1 Å². The largest absolute Gasteiger partial charge is 0.453 e. The molecule has 0 bridgehead atoms. The molecule has 4 rings (SSSR count). The summed E-state index contributed by atoms with van der Waals surface area (Å²) in [5, 5.41) is 2.90.